The highest BCUT2D eigenvalue weighted by molar-refractivity contribution is 7.99. The maximum atomic E-state index is 5.98. The first-order valence-corrected chi connectivity index (χ1v) is 7.75. The van der Waals surface area contributed by atoms with Crippen molar-refractivity contribution in [2.75, 3.05) is 24.2 Å². The largest absolute Gasteiger partial charge is 0.347 e. The fraction of sp³-hybridized carbons (Fsp3) is 0.667. The van der Waals surface area contributed by atoms with Gasteiger partial charge in [0.25, 0.3) is 0 Å². The quantitative estimate of drug-likeness (QED) is 0.790. The highest BCUT2D eigenvalue weighted by Crippen LogP contribution is 2.33. The van der Waals surface area contributed by atoms with Crippen molar-refractivity contribution in [2.45, 2.75) is 17.6 Å². The van der Waals surface area contributed by atoms with Crippen LogP contribution in [0.5, 0.6) is 0 Å². The van der Waals surface area contributed by atoms with Gasteiger partial charge in [0, 0.05) is 18.3 Å². The summed E-state index contributed by atoms with van der Waals surface area (Å²) in [6.07, 6.45) is 3.39. The van der Waals surface area contributed by atoms with Gasteiger partial charge in [-0.2, -0.15) is 11.8 Å². The van der Waals surface area contributed by atoms with Crippen molar-refractivity contribution in [3.63, 3.8) is 0 Å². The van der Waals surface area contributed by atoms with E-state index in [0.29, 0.717) is 11.0 Å². The lowest BCUT2D eigenvalue weighted by molar-refractivity contribution is 0.957. The number of halogens is 2. The fourth-order valence-electron chi connectivity index (χ4n) is 1.63. The zero-order valence-electron chi connectivity index (χ0n) is 8.37. The van der Waals surface area contributed by atoms with Gasteiger partial charge in [-0.15, -0.1) is 11.6 Å². The maximum Gasteiger partial charge on any atom is 0.187 e. The number of aromatic nitrogens is 1. The topological polar surface area (TPSA) is 16.1 Å². The summed E-state index contributed by atoms with van der Waals surface area (Å²) in [5.74, 6) is 0.455. The average molecular weight is 283 g/mol. The van der Waals surface area contributed by atoms with Crippen LogP contribution in [0.25, 0.3) is 0 Å². The first-order valence-electron chi connectivity index (χ1n) is 4.73. The summed E-state index contributed by atoms with van der Waals surface area (Å²) in [5.41, 5.74) is 0. The zero-order valence-corrected chi connectivity index (χ0v) is 11.5. The van der Waals surface area contributed by atoms with Crippen LogP contribution in [0.4, 0.5) is 5.13 Å². The lowest BCUT2D eigenvalue weighted by Gasteiger charge is -2.13. The molecule has 1 saturated heterocycles. The van der Waals surface area contributed by atoms with Gasteiger partial charge in [-0.1, -0.05) is 22.9 Å². The predicted octanol–water partition coefficient (Wildman–Crippen LogP) is 3.48. The minimum absolute atomic E-state index is 0.455. The molecule has 2 nitrogen and oxygen atoms in total. The molecule has 1 aromatic rings. The van der Waals surface area contributed by atoms with Crippen LogP contribution >= 0.6 is 46.3 Å². The van der Waals surface area contributed by atoms with E-state index in [2.05, 4.69) is 16.1 Å². The summed E-state index contributed by atoms with van der Waals surface area (Å²) in [6.45, 7) is 2.16. The van der Waals surface area contributed by atoms with Crippen LogP contribution in [0.2, 0.25) is 5.15 Å². The Morgan fingerprint density at radius 2 is 2.47 bits per heavy atom. The van der Waals surface area contributed by atoms with E-state index in [1.165, 1.54) is 6.42 Å². The Morgan fingerprint density at radius 1 is 1.67 bits per heavy atom. The third-order valence-corrected chi connectivity index (χ3v) is 5.53. The molecule has 0 amide bonds. The standard InChI is InChI=1S/C9H12Cl2N2S2/c1-14-6-2-3-13(5-6)9-12-8(11)7(4-10)15-9/h6H,2-5H2,1H3. The van der Waals surface area contributed by atoms with Crippen molar-refractivity contribution < 1.29 is 0 Å². The molecule has 2 rings (SSSR count). The van der Waals surface area contributed by atoms with Gasteiger partial charge in [0.15, 0.2) is 5.13 Å². The normalized spacial score (nSPS) is 21.3. The molecule has 0 radical (unpaired) electrons. The van der Waals surface area contributed by atoms with Crippen LogP contribution in [-0.4, -0.2) is 29.6 Å². The minimum atomic E-state index is 0.455. The number of alkyl halides is 1. The molecule has 1 aliphatic rings. The second-order valence-electron chi connectivity index (χ2n) is 3.44. The molecular formula is C9H12Cl2N2S2. The summed E-state index contributed by atoms with van der Waals surface area (Å²) >= 11 is 15.3. The summed E-state index contributed by atoms with van der Waals surface area (Å²) in [4.78, 5) is 7.62. The van der Waals surface area contributed by atoms with Crippen LogP contribution in [0, 0.1) is 0 Å². The van der Waals surface area contributed by atoms with E-state index in [1.54, 1.807) is 11.3 Å². The number of rotatable bonds is 3. The monoisotopic (exact) mass is 282 g/mol. The van der Waals surface area contributed by atoms with E-state index in [9.17, 15) is 0 Å². The third kappa shape index (κ3) is 2.54. The number of thiazole rings is 1. The molecule has 0 aliphatic carbocycles. The Hall–Kier alpha value is 0.360. The Balaban J connectivity index is 2.10. The average Bonchev–Trinajstić information content (AvgIpc) is 2.83. The summed E-state index contributed by atoms with van der Waals surface area (Å²) < 4.78 is 0. The first kappa shape index (κ1) is 11.8. The van der Waals surface area contributed by atoms with Gasteiger partial charge in [-0.25, -0.2) is 4.98 Å². The maximum absolute atomic E-state index is 5.98. The number of hydrogen-bond acceptors (Lipinski definition) is 4. The highest BCUT2D eigenvalue weighted by Gasteiger charge is 2.24. The lowest BCUT2D eigenvalue weighted by atomic mass is 10.4. The van der Waals surface area contributed by atoms with Gasteiger partial charge in [0.05, 0.1) is 10.8 Å². The molecule has 1 aliphatic heterocycles. The third-order valence-electron chi connectivity index (χ3n) is 2.51. The van der Waals surface area contributed by atoms with Crippen LogP contribution in [0.3, 0.4) is 0 Å². The number of hydrogen-bond donors (Lipinski definition) is 0. The molecule has 1 atom stereocenters. The van der Waals surface area contributed by atoms with E-state index in [0.717, 1.165) is 28.3 Å². The van der Waals surface area contributed by atoms with E-state index >= 15 is 0 Å². The van der Waals surface area contributed by atoms with Crippen molar-refractivity contribution in [3.05, 3.63) is 10.0 Å². The summed E-state index contributed by atoms with van der Waals surface area (Å²) in [5, 5.41) is 2.32. The van der Waals surface area contributed by atoms with Gasteiger partial charge in [-0.3, -0.25) is 0 Å². The molecule has 1 unspecified atom stereocenters. The Bertz CT molecular complexity index is 343. The van der Waals surface area contributed by atoms with E-state index in [1.807, 2.05) is 11.8 Å². The van der Waals surface area contributed by atoms with Crippen LogP contribution in [-0.2, 0) is 5.88 Å². The van der Waals surface area contributed by atoms with E-state index in [4.69, 9.17) is 23.2 Å². The van der Waals surface area contributed by atoms with Crippen molar-refractivity contribution >= 4 is 51.4 Å². The summed E-state index contributed by atoms with van der Waals surface area (Å²) in [7, 11) is 0. The molecule has 0 saturated carbocycles. The SMILES string of the molecule is CSC1CCN(c2nc(Cl)c(CCl)s2)C1. The number of anilines is 1. The molecule has 0 N–H and O–H groups in total. The van der Waals surface area contributed by atoms with Crippen molar-refractivity contribution in [3.8, 4) is 0 Å². The number of thioether (sulfide) groups is 1. The molecule has 15 heavy (non-hydrogen) atoms. The van der Waals surface area contributed by atoms with E-state index in [-0.39, 0.29) is 0 Å². The zero-order chi connectivity index (χ0) is 10.8. The Labute approximate surface area is 108 Å². The van der Waals surface area contributed by atoms with Gasteiger partial charge in [-0.05, 0) is 12.7 Å². The van der Waals surface area contributed by atoms with Gasteiger partial charge in [0.2, 0.25) is 0 Å². The fourth-order valence-corrected chi connectivity index (χ4v) is 3.81. The van der Waals surface area contributed by atoms with Gasteiger partial charge >= 0.3 is 0 Å². The van der Waals surface area contributed by atoms with Crippen LogP contribution in [0.15, 0.2) is 0 Å². The lowest BCUT2D eigenvalue weighted by Crippen LogP contribution is -2.19. The Morgan fingerprint density at radius 3 is 3.00 bits per heavy atom. The molecule has 0 spiro atoms. The molecule has 84 valence electrons. The minimum Gasteiger partial charge on any atom is -0.347 e. The van der Waals surface area contributed by atoms with Crippen molar-refractivity contribution in [1.82, 2.24) is 4.98 Å². The molecule has 1 aromatic heterocycles. The Kier molecular flexibility index (Phi) is 4.04. The number of nitrogens with zero attached hydrogens (tertiary/aromatic N) is 2. The second-order valence-corrected chi connectivity index (χ2v) is 6.26. The van der Waals surface area contributed by atoms with Crippen LogP contribution < -0.4 is 4.90 Å². The smallest absolute Gasteiger partial charge is 0.187 e. The van der Waals surface area contributed by atoms with Crippen molar-refractivity contribution in [1.29, 1.82) is 0 Å². The van der Waals surface area contributed by atoms with Gasteiger partial charge in [0.1, 0.15) is 5.15 Å². The molecule has 0 aromatic carbocycles. The highest BCUT2D eigenvalue weighted by atomic mass is 35.5. The van der Waals surface area contributed by atoms with Gasteiger partial charge < -0.3 is 4.90 Å². The predicted molar refractivity (Wildman–Crippen MR) is 70.8 cm³/mol. The molecule has 0 bridgehead atoms. The summed E-state index contributed by atoms with van der Waals surface area (Å²) in [6, 6.07) is 0. The first-order chi connectivity index (χ1) is 7.24. The molecule has 6 heteroatoms. The van der Waals surface area contributed by atoms with Crippen molar-refractivity contribution in [2.24, 2.45) is 0 Å². The van der Waals surface area contributed by atoms with E-state index < -0.39 is 0 Å². The second kappa shape index (κ2) is 5.13. The van der Waals surface area contributed by atoms with Crippen LogP contribution in [0.1, 0.15) is 11.3 Å². The molecule has 1 fully saturated rings. The molecule has 2 heterocycles. The molecular weight excluding hydrogens is 271 g/mol.